The van der Waals surface area contributed by atoms with Crippen molar-refractivity contribution in [2.45, 2.75) is 20.3 Å². The van der Waals surface area contributed by atoms with Gasteiger partial charge in [0, 0.05) is 4.88 Å². The lowest BCUT2D eigenvalue weighted by Crippen LogP contribution is -2.01. The lowest BCUT2D eigenvalue weighted by molar-refractivity contribution is -0.141. The Bertz CT molecular complexity index is 368. The zero-order chi connectivity index (χ0) is 10.4. The Balaban J connectivity index is 2.44. The third-order valence-corrected chi connectivity index (χ3v) is 2.41. The standard InChI is InChI=1S/C11H12O2S/c1-3-13-11(12)6-4-5-10-8-7-9(2)14-10/h7-8H,3,6H2,1-2H3. The monoisotopic (exact) mass is 208 g/mol. The zero-order valence-electron chi connectivity index (χ0n) is 8.29. The minimum absolute atomic E-state index is 0.171. The number of carbonyl (C=O) groups is 1. The van der Waals surface area contributed by atoms with Gasteiger partial charge < -0.3 is 4.74 Å². The summed E-state index contributed by atoms with van der Waals surface area (Å²) in [6, 6.07) is 3.97. The van der Waals surface area contributed by atoms with Crippen LogP contribution in [0, 0.1) is 18.8 Å². The van der Waals surface area contributed by atoms with Gasteiger partial charge in [-0.3, -0.25) is 4.79 Å². The van der Waals surface area contributed by atoms with E-state index in [4.69, 9.17) is 4.74 Å². The van der Waals surface area contributed by atoms with E-state index in [0.717, 1.165) is 4.88 Å². The van der Waals surface area contributed by atoms with Crippen molar-refractivity contribution in [3.05, 3.63) is 21.9 Å². The van der Waals surface area contributed by atoms with Crippen molar-refractivity contribution < 1.29 is 9.53 Å². The van der Waals surface area contributed by atoms with Crippen molar-refractivity contribution in [2.24, 2.45) is 0 Å². The van der Waals surface area contributed by atoms with Gasteiger partial charge in [0.25, 0.3) is 0 Å². The molecule has 2 nitrogen and oxygen atoms in total. The van der Waals surface area contributed by atoms with Crippen LogP contribution in [0.15, 0.2) is 12.1 Å². The zero-order valence-corrected chi connectivity index (χ0v) is 9.11. The largest absolute Gasteiger partial charge is 0.465 e. The van der Waals surface area contributed by atoms with Crippen LogP contribution in [0.25, 0.3) is 0 Å². The van der Waals surface area contributed by atoms with Gasteiger partial charge >= 0.3 is 5.97 Å². The number of rotatable bonds is 2. The van der Waals surface area contributed by atoms with Crippen LogP contribution in [0.3, 0.4) is 0 Å². The molecule has 0 aromatic carbocycles. The lowest BCUT2D eigenvalue weighted by atomic mass is 10.4. The molecule has 0 saturated carbocycles. The van der Waals surface area contributed by atoms with Gasteiger partial charge in [-0.2, -0.15) is 0 Å². The number of esters is 1. The molecule has 0 spiro atoms. The summed E-state index contributed by atoms with van der Waals surface area (Å²) in [4.78, 5) is 13.1. The molecule has 14 heavy (non-hydrogen) atoms. The third kappa shape index (κ3) is 3.63. The lowest BCUT2D eigenvalue weighted by Gasteiger charge is -1.94. The molecule has 0 aliphatic rings. The van der Waals surface area contributed by atoms with Crippen molar-refractivity contribution in [3.63, 3.8) is 0 Å². The van der Waals surface area contributed by atoms with Gasteiger partial charge in [-0.1, -0.05) is 11.8 Å². The first-order valence-electron chi connectivity index (χ1n) is 4.43. The van der Waals surface area contributed by atoms with E-state index in [1.165, 1.54) is 4.88 Å². The predicted molar refractivity (Wildman–Crippen MR) is 57.2 cm³/mol. The number of aryl methyl sites for hydroxylation is 1. The summed E-state index contributed by atoms with van der Waals surface area (Å²) in [6.07, 6.45) is 0.171. The van der Waals surface area contributed by atoms with Crippen molar-refractivity contribution in [2.75, 3.05) is 6.61 Å². The number of thiophene rings is 1. The van der Waals surface area contributed by atoms with Crippen LogP contribution in [-0.2, 0) is 9.53 Å². The Morgan fingerprint density at radius 1 is 1.57 bits per heavy atom. The van der Waals surface area contributed by atoms with E-state index in [2.05, 4.69) is 11.8 Å². The second-order valence-electron chi connectivity index (χ2n) is 2.69. The second-order valence-corrected chi connectivity index (χ2v) is 3.98. The van der Waals surface area contributed by atoms with E-state index in [-0.39, 0.29) is 12.4 Å². The van der Waals surface area contributed by atoms with Crippen LogP contribution in [0.5, 0.6) is 0 Å². The summed E-state index contributed by atoms with van der Waals surface area (Å²) in [6.45, 7) is 4.23. The van der Waals surface area contributed by atoms with E-state index in [0.29, 0.717) is 6.61 Å². The van der Waals surface area contributed by atoms with Crippen LogP contribution < -0.4 is 0 Å². The fourth-order valence-corrected chi connectivity index (χ4v) is 1.66. The molecule has 0 bridgehead atoms. The number of ether oxygens (including phenoxy) is 1. The van der Waals surface area contributed by atoms with E-state index < -0.39 is 0 Å². The van der Waals surface area contributed by atoms with E-state index >= 15 is 0 Å². The van der Waals surface area contributed by atoms with Crippen LogP contribution in [-0.4, -0.2) is 12.6 Å². The van der Waals surface area contributed by atoms with Gasteiger partial charge in [0.2, 0.25) is 0 Å². The highest BCUT2D eigenvalue weighted by molar-refractivity contribution is 7.12. The Morgan fingerprint density at radius 3 is 2.93 bits per heavy atom. The SMILES string of the molecule is CCOC(=O)CC#Cc1ccc(C)s1. The Hall–Kier alpha value is -1.27. The molecular weight excluding hydrogens is 196 g/mol. The van der Waals surface area contributed by atoms with Gasteiger partial charge in [0.05, 0.1) is 11.5 Å². The van der Waals surface area contributed by atoms with Gasteiger partial charge in [-0.15, -0.1) is 11.3 Å². The molecule has 0 N–H and O–H groups in total. The first-order chi connectivity index (χ1) is 6.72. The van der Waals surface area contributed by atoms with Crippen LogP contribution in [0.2, 0.25) is 0 Å². The van der Waals surface area contributed by atoms with Crippen molar-refractivity contribution in [3.8, 4) is 11.8 Å². The van der Waals surface area contributed by atoms with Crippen molar-refractivity contribution in [1.82, 2.24) is 0 Å². The summed E-state index contributed by atoms with van der Waals surface area (Å²) in [5, 5.41) is 0. The molecule has 74 valence electrons. The number of hydrogen-bond acceptors (Lipinski definition) is 3. The molecule has 0 amide bonds. The highest BCUT2D eigenvalue weighted by Crippen LogP contribution is 2.13. The Kier molecular flexibility index (Phi) is 4.21. The van der Waals surface area contributed by atoms with Gasteiger partial charge in [-0.25, -0.2) is 0 Å². The highest BCUT2D eigenvalue weighted by Gasteiger charge is 1.96. The summed E-state index contributed by atoms with van der Waals surface area (Å²) >= 11 is 1.63. The first-order valence-corrected chi connectivity index (χ1v) is 5.25. The molecule has 0 saturated heterocycles. The molecule has 3 heteroatoms. The Labute approximate surface area is 87.9 Å². The molecule has 0 unspecified atom stereocenters. The quantitative estimate of drug-likeness (QED) is 0.551. The maximum absolute atomic E-state index is 10.9. The van der Waals surface area contributed by atoms with Crippen LogP contribution in [0.4, 0.5) is 0 Å². The fourth-order valence-electron chi connectivity index (χ4n) is 0.917. The van der Waals surface area contributed by atoms with Crippen LogP contribution in [0.1, 0.15) is 23.1 Å². The molecule has 1 aromatic heterocycles. The maximum Gasteiger partial charge on any atom is 0.317 e. The Morgan fingerprint density at radius 2 is 2.36 bits per heavy atom. The van der Waals surface area contributed by atoms with Crippen molar-refractivity contribution >= 4 is 17.3 Å². The van der Waals surface area contributed by atoms with Crippen molar-refractivity contribution in [1.29, 1.82) is 0 Å². The number of hydrogen-bond donors (Lipinski definition) is 0. The minimum atomic E-state index is -0.256. The maximum atomic E-state index is 10.9. The molecule has 0 aliphatic carbocycles. The van der Waals surface area contributed by atoms with E-state index in [9.17, 15) is 4.79 Å². The third-order valence-electron chi connectivity index (χ3n) is 1.49. The molecule has 1 rings (SSSR count). The molecule has 0 fully saturated rings. The summed E-state index contributed by atoms with van der Waals surface area (Å²) in [5.41, 5.74) is 0. The normalized spacial score (nSPS) is 9.00. The summed E-state index contributed by atoms with van der Waals surface area (Å²) < 4.78 is 4.75. The topological polar surface area (TPSA) is 26.3 Å². The van der Waals surface area contributed by atoms with E-state index in [1.54, 1.807) is 18.3 Å². The van der Waals surface area contributed by atoms with E-state index in [1.807, 2.05) is 19.1 Å². The molecule has 0 aliphatic heterocycles. The average molecular weight is 208 g/mol. The number of carbonyl (C=O) groups excluding carboxylic acids is 1. The fraction of sp³-hybridized carbons (Fsp3) is 0.364. The van der Waals surface area contributed by atoms with Gasteiger partial charge in [0.15, 0.2) is 0 Å². The minimum Gasteiger partial charge on any atom is -0.465 e. The average Bonchev–Trinajstić information content (AvgIpc) is 2.52. The van der Waals surface area contributed by atoms with Gasteiger partial charge in [0.1, 0.15) is 6.42 Å². The molecule has 1 heterocycles. The van der Waals surface area contributed by atoms with Gasteiger partial charge in [-0.05, 0) is 26.0 Å². The smallest absolute Gasteiger partial charge is 0.317 e. The first kappa shape index (κ1) is 10.8. The van der Waals surface area contributed by atoms with Crippen LogP contribution >= 0.6 is 11.3 Å². The summed E-state index contributed by atoms with van der Waals surface area (Å²) in [7, 11) is 0. The predicted octanol–water partition coefficient (Wildman–Crippen LogP) is 2.36. The molecule has 1 aromatic rings. The highest BCUT2D eigenvalue weighted by atomic mass is 32.1. The molecule has 0 radical (unpaired) electrons. The second kappa shape index (κ2) is 5.46. The molecular formula is C11H12O2S. The molecule has 0 atom stereocenters. The summed E-state index contributed by atoms with van der Waals surface area (Å²) in [5.74, 6) is 5.45.